The molecule has 0 saturated carbocycles. The maximum atomic E-state index is 12.8. The van der Waals surface area contributed by atoms with Gasteiger partial charge in [0.25, 0.3) is 5.91 Å². The summed E-state index contributed by atoms with van der Waals surface area (Å²) in [5.74, 6) is -0.713. The van der Waals surface area contributed by atoms with E-state index in [9.17, 15) is 18.0 Å². The van der Waals surface area contributed by atoms with Crippen molar-refractivity contribution < 1.29 is 18.0 Å². The summed E-state index contributed by atoms with van der Waals surface area (Å²) in [5.41, 5.74) is -0.291. The van der Waals surface area contributed by atoms with Crippen LogP contribution < -0.4 is 5.32 Å². The monoisotopic (exact) mass is 259 g/mol. The second kappa shape index (κ2) is 4.03. The molecular weight excluding hydrogens is 251 g/mol. The SMILES string of the molecule is CNC(=O)c1c(C(F)(F)F)sc2ccccc12. The first-order valence-electron chi connectivity index (χ1n) is 4.76. The Hall–Kier alpha value is -1.56. The van der Waals surface area contributed by atoms with E-state index in [1.54, 1.807) is 18.2 Å². The second-order valence-electron chi connectivity index (χ2n) is 3.38. The molecule has 2 rings (SSSR count). The quantitative estimate of drug-likeness (QED) is 0.836. The van der Waals surface area contributed by atoms with Gasteiger partial charge in [0.15, 0.2) is 0 Å². The maximum Gasteiger partial charge on any atom is 0.426 e. The van der Waals surface area contributed by atoms with Gasteiger partial charge in [-0.05, 0) is 6.07 Å². The zero-order valence-electron chi connectivity index (χ0n) is 8.76. The van der Waals surface area contributed by atoms with Crippen molar-refractivity contribution in [2.45, 2.75) is 6.18 Å². The topological polar surface area (TPSA) is 29.1 Å². The molecule has 17 heavy (non-hydrogen) atoms. The average Bonchev–Trinajstić information content (AvgIpc) is 2.67. The number of alkyl halides is 3. The highest BCUT2D eigenvalue weighted by Gasteiger charge is 2.38. The molecule has 0 atom stereocenters. The van der Waals surface area contributed by atoms with E-state index in [4.69, 9.17) is 0 Å². The Morgan fingerprint density at radius 2 is 1.94 bits per heavy atom. The molecule has 6 heteroatoms. The predicted octanol–water partition coefficient (Wildman–Crippen LogP) is 3.28. The number of hydrogen-bond acceptors (Lipinski definition) is 2. The minimum absolute atomic E-state index is 0.291. The van der Waals surface area contributed by atoms with E-state index in [0.29, 0.717) is 21.4 Å². The molecule has 0 unspecified atom stereocenters. The molecule has 0 bridgehead atoms. The number of rotatable bonds is 1. The Labute approximate surface area is 99.1 Å². The van der Waals surface area contributed by atoms with Crippen LogP contribution in [0.2, 0.25) is 0 Å². The van der Waals surface area contributed by atoms with Crippen LogP contribution in [0.15, 0.2) is 24.3 Å². The standard InChI is InChI=1S/C11H8F3NOS/c1-15-10(16)8-6-4-2-3-5-7(6)17-9(8)11(12,13)14/h2-5H,1H3,(H,15,16). The highest BCUT2D eigenvalue weighted by atomic mass is 32.1. The predicted molar refractivity (Wildman–Crippen MR) is 60.2 cm³/mol. The second-order valence-corrected chi connectivity index (χ2v) is 4.43. The molecule has 0 aliphatic carbocycles. The lowest BCUT2D eigenvalue weighted by atomic mass is 10.1. The van der Waals surface area contributed by atoms with E-state index in [0.717, 1.165) is 0 Å². The van der Waals surface area contributed by atoms with Crippen molar-refractivity contribution in [3.63, 3.8) is 0 Å². The third kappa shape index (κ3) is 2.00. The average molecular weight is 259 g/mol. The van der Waals surface area contributed by atoms with Gasteiger partial charge in [-0.1, -0.05) is 18.2 Å². The molecular formula is C11H8F3NOS. The number of fused-ring (bicyclic) bond motifs is 1. The van der Waals surface area contributed by atoms with Gasteiger partial charge in [0.05, 0.1) is 5.56 Å². The molecule has 1 heterocycles. The van der Waals surface area contributed by atoms with Crippen LogP contribution in [0, 0.1) is 0 Å². The van der Waals surface area contributed by atoms with Gasteiger partial charge in [-0.15, -0.1) is 11.3 Å². The Morgan fingerprint density at radius 1 is 1.29 bits per heavy atom. The molecule has 0 fully saturated rings. The summed E-state index contributed by atoms with van der Waals surface area (Å²) in [6.45, 7) is 0. The number of carbonyl (C=O) groups excluding carboxylic acids is 1. The van der Waals surface area contributed by atoms with E-state index < -0.39 is 17.0 Å². The van der Waals surface area contributed by atoms with Crippen LogP contribution in [-0.2, 0) is 6.18 Å². The van der Waals surface area contributed by atoms with Gasteiger partial charge < -0.3 is 5.32 Å². The van der Waals surface area contributed by atoms with Crippen molar-refractivity contribution in [1.29, 1.82) is 0 Å². The highest BCUT2D eigenvalue weighted by Crippen LogP contribution is 2.41. The Kier molecular flexibility index (Phi) is 2.82. The number of nitrogens with one attached hydrogen (secondary N) is 1. The van der Waals surface area contributed by atoms with Gasteiger partial charge in [0.1, 0.15) is 4.88 Å². The van der Waals surface area contributed by atoms with Crippen molar-refractivity contribution in [2.24, 2.45) is 0 Å². The van der Waals surface area contributed by atoms with Crippen LogP contribution in [0.5, 0.6) is 0 Å². The molecule has 1 aromatic heterocycles. The fraction of sp³-hybridized carbons (Fsp3) is 0.182. The van der Waals surface area contributed by atoms with Crippen LogP contribution in [0.4, 0.5) is 13.2 Å². The smallest absolute Gasteiger partial charge is 0.355 e. The van der Waals surface area contributed by atoms with Gasteiger partial charge in [0, 0.05) is 17.1 Å². The summed E-state index contributed by atoms with van der Waals surface area (Å²) >= 11 is 0.589. The highest BCUT2D eigenvalue weighted by molar-refractivity contribution is 7.19. The number of amides is 1. The summed E-state index contributed by atoms with van der Waals surface area (Å²) in [7, 11) is 1.31. The summed E-state index contributed by atoms with van der Waals surface area (Å²) in [6.07, 6.45) is -4.51. The molecule has 0 aliphatic rings. The number of hydrogen-bond donors (Lipinski definition) is 1. The van der Waals surface area contributed by atoms with Gasteiger partial charge in [-0.25, -0.2) is 0 Å². The lowest BCUT2D eigenvalue weighted by Gasteiger charge is -2.06. The van der Waals surface area contributed by atoms with Crippen LogP contribution in [0.3, 0.4) is 0 Å². The summed E-state index contributed by atoms with van der Waals surface area (Å²) in [5, 5.41) is 2.58. The third-order valence-electron chi connectivity index (χ3n) is 2.31. The molecule has 0 spiro atoms. The van der Waals surface area contributed by atoms with Crippen LogP contribution in [-0.4, -0.2) is 13.0 Å². The summed E-state index contributed by atoms with van der Waals surface area (Å²) in [4.78, 5) is 10.7. The fourth-order valence-corrected chi connectivity index (χ4v) is 2.66. The van der Waals surface area contributed by atoms with E-state index in [1.807, 2.05) is 0 Å². The molecule has 90 valence electrons. The van der Waals surface area contributed by atoms with Crippen LogP contribution in [0.25, 0.3) is 10.1 Å². The minimum Gasteiger partial charge on any atom is -0.355 e. The third-order valence-corrected chi connectivity index (χ3v) is 3.52. The van der Waals surface area contributed by atoms with E-state index in [-0.39, 0.29) is 5.56 Å². The van der Waals surface area contributed by atoms with E-state index in [2.05, 4.69) is 5.32 Å². The fourth-order valence-electron chi connectivity index (χ4n) is 1.60. The molecule has 0 saturated heterocycles. The Morgan fingerprint density at radius 3 is 2.53 bits per heavy atom. The number of thiophene rings is 1. The first-order chi connectivity index (χ1) is 7.95. The number of carbonyl (C=O) groups is 1. The van der Waals surface area contributed by atoms with Crippen LogP contribution >= 0.6 is 11.3 Å². The van der Waals surface area contributed by atoms with Crippen LogP contribution in [0.1, 0.15) is 15.2 Å². The molecule has 1 aromatic carbocycles. The molecule has 2 aromatic rings. The van der Waals surface area contributed by atoms with Gasteiger partial charge in [-0.2, -0.15) is 13.2 Å². The normalized spacial score (nSPS) is 11.8. The number of halogens is 3. The molecule has 0 radical (unpaired) electrons. The molecule has 2 nitrogen and oxygen atoms in total. The molecule has 1 N–H and O–H groups in total. The maximum absolute atomic E-state index is 12.8. The van der Waals surface area contributed by atoms with Gasteiger partial charge in [-0.3, -0.25) is 4.79 Å². The lowest BCUT2D eigenvalue weighted by molar-refractivity contribution is -0.134. The van der Waals surface area contributed by atoms with Crippen molar-refractivity contribution in [3.05, 3.63) is 34.7 Å². The Balaban J connectivity index is 2.79. The Bertz CT molecular complexity index is 574. The summed E-state index contributed by atoms with van der Waals surface area (Å²) in [6, 6.07) is 6.35. The van der Waals surface area contributed by atoms with Crippen molar-refractivity contribution in [3.8, 4) is 0 Å². The van der Waals surface area contributed by atoms with E-state index in [1.165, 1.54) is 13.1 Å². The largest absolute Gasteiger partial charge is 0.426 e. The van der Waals surface area contributed by atoms with Crippen molar-refractivity contribution in [2.75, 3.05) is 7.05 Å². The zero-order valence-corrected chi connectivity index (χ0v) is 9.58. The molecule has 0 aliphatic heterocycles. The van der Waals surface area contributed by atoms with Gasteiger partial charge >= 0.3 is 6.18 Å². The van der Waals surface area contributed by atoms with E-state index >= 15 is 0 Å². The van der Waals surface area contributed by atoms with Gasteiger partial charge in [0.2, 0.25) is 0 Å². The minimum atomic E-state index is -4.51. The number of benzene rings is 1. The molecule has 1 amide bonds. The lowest BCUT2D eigenvalue weighted by Crippen LogP contribution is -2.21. The zero-order chi connectivity index (χ0) is 12.6. The first-order valence-corrected chi connectivity index (χ1v) is 5.57. The summed E-state index contributed by atoms with van der Waals surface area (Å²) < 4.78 is 38.9. The first kappa shape index (κ1) is 11.9. The van der Waals surface area contributed by atoms with Crippen molar-refractivity contribution >= 4 is 27.3 Å². The van der Waals surface area contributed by atoms with Crippen molar-refractivity contribution in [1.82, 2.24) is 5.32 Å².